The number of amides is 1. The third-order valence-electron chi connectivity index (χ3n) is 3.91. The molecule has 4 heteroatoms. The van der Waals surface area contributed by atoms with Crippen molar-refractivity contribution in [3.05, 3.63) is 71.8 Å². The Kier molecular flexibility index (Phi) is 4.22. The molecule has 0 bridgehead atoms. The lowest BCUT2D eigenvalue weighted by molar-refractivity contribution is -0.137. The van der Waals surface area contributed by atoms with E-state index < -0.39 is 6.10 Å². The van der Waals surface area contributed by atoms with Gasteiger partial charge in [-0.1, -0.05) is 54.6 Å². The summed E-state index contributed by atoms with van der Waals surface area (Å²) in [5.41, 5.74) is 2.15. The molecule has 0 unspecified atom stereocenters. The summed E-state index contributed by atoms with van der Waals surface area (Å²) < 4.78 is 5.30. The minimum atomic E-state index is -0.512. The Bertz CT molecular complexity index is 777. The topological polar surface area (TPSA) is 53.3 Å². The van der Waals surface area contributed by atoms with Crippen LogP contribution >= 0.6 is 0 Å². The van der Waals surface area contributed by atoms with Crippen LogP contribution in [0.1, 0.15) is 11.1 Å². The minimum Gasteiger partial charge on any atom is -0.369 e. The number of hydrogen-bond acceptors (Lipinski definition) is 3. The van der Waals surface area contributed by atoms with Crippen LogP contribution in [0.25, 0.3) is 6.08 Å². The number of nitrogens with zero attached hydrogens (tertiary/aromatic N) is 2. The van der Waals surface area contributed by atoms with Gasteiger partial charge in [-0.15, -0.1) is 0 Å². The van der Waals surface area contributed by atoms with Crippen molar-refractivity contribution in [2.45, 2.75) is 12.1 Å². The molecule has 3 rings (SSSR count). The summed E-state index contributed by atoms with van der Waals surface area (Å²) in [4.78, 5) is 14.0. The Labute approximate surface area is 135 Å². The van der Waals surface area contributed by atoms with E-state index in [1.165, 1.54) is 7.11 Å². The van der Waals surface area contributed by atoms with Crippen molar-refractivity contribution in [3.8, 4) is 6.07 Å². The highest BCUT2D eigenvalue weighted by Gasteiger charge is 2.47. The van der Waals surface area contributed by atoms with Crippen LogP contribution in [0.15, 0.2) is 60.7 Å². The maximum absolute atomic E-state index is 12.3. The Morgan fingerprint density at radius 2 is 1.83 bits per heavy atom. The van der Waals surface area contributed by atoms with Crippen molar-refractivity contribution in [3.63, 3.8) is 0 Å². The predicted octanol–water partition coefficient (Wildman–Crippen LogP) is 3.00. The maximum Gasteiger partial charge on any atom is 0.259 e. The van der Waals surface area contributed by atoms with Crippen LogP contribution in [-0.4, -0.2) is 25.2 Å². The van der Waals surface area contributed by atoms with E-state index in [1.807, 2.05) is 48.6 Å². The first-order valence-corrected chi connectivity index (χ1v) is 7.34. The van der Waals surface area contributed by atoms with Gasteiger partial charge in [0.2, 0.25) is 0 Å². The zero-order chi connectivity index (χ0) is 16.2. The third-order valence-corrected chi connectivity index (χ3v) is 3.91. The first-order chi connectivity index (χ1) is 11.3. The number of β-lactam (4-membered cyclic amide) rings is 1. The molecule has 114 valence electrons. The van der Waals surface area contributed by atoms with Gasteiger partial charge in [0.05, 0.1) is 17.3 Å². The number of ether oxygens (including phenoxy) is 1. The summed E-state index contributed by atoms with van der Waals surface area (Å²) >= 11 is 0. The van der Waals surface area contributed by atoms with Gasteiger partial charge in [0, 0.05) is 7.11 Å². The van der Waals surface area contributed by atoms with Crippen molar-refractivity contribution in [1.29, 1.82) is 5.26 Å². The molecule has 1 amide bonds. The maximum atomic E-state index is 12.3. The Morgan fingerprint density at radius 1 is 1.13 bits per heavy atom. The van der Waals surface area contributed by atoms with Crippen molar-refractivity contribution in [2.75, 3.05) is 12.0 Å². The summed E-state index contributed by atoms with van der Waals surface area (Å²) in [7, 11) is 1.53. The van der Waals surface area contributed by atoms with Crippen LogP contribution < -0.4 is 4.90 Å². The second-order valence-corrected chi connectivity index (χ2v) is 5.25. The van der Waals surface area contributed by atoms with Crippen molar-refractivity contribution in [1.82, 2.24) is 0 Å². The molecule has 1 heterocycles. The lowest BCUT2D eigenvalue weighted by atomic mass is 9.94. The van der Waals surface area contributed by atoms with E-state index in [4.69, 9.17) is 4.74 Å². The normalized spacial score (nSPS) is 20.3. The molecular formula is C19H16N2O2. The molecule has 2 aromatic carbocycles. The first kappa shape index (κ1) is 15.0. The fourth-order valence-corrected chi connectivity index (χ4v) is 2.74. The molecule has 0 spiro atoms. The smallest absolute Gasteiger partial charge is 0.259 e. The molecule has 4 nitrogen and oxygen atoms in total. The van der Waals surface area contributed by atoms with Crippen molar-refractivity contribution < 1.29 is 9.53 Å². The number of hydrogen-bond donors (Lipinski definition) is 0. The summed E-state index contributed by atoms with van der Waals surface area (Å²) in [6.45, 7) is 0. The van der Waals surface area contributed by atoms with E-state index in [9.17, 15) is 10.1 Å². The SMILES string of the molecule is CO[C@@H]1C(=O)N(c2ccccc2C#N)[C@H]1/C=C/c1ccccc1. The number of carbonyl (C=O) groups is 1. The summed E-state index contributed by atoms with van der Waals surface area (Å²) in [5, 5.41) is 9.25. The van der Waals surface area contributed by atoms with Gasteiger partial charge in [0.1, 0.15) is 6.07 Å². The lowest BCUT2D eigenvalue weighted by Gasteiger charge is -2.44. The van der Waals surface area contributed by atoms with E-state index >= 15 is 0 Å². The minimum absolute atomic E-state index is 0.127. The molecule has 2 aromatic rings. The highest BCUT2D eigenvalue weighted by molar-refractivity contribution is 6.06. The Morgan fingerprint density at radius 3 is 2.52 bits per heavy atom. The van der Waals surface area contributed by atoms with Gasteiger partial charge in [-0.05, 0) is 17.7 Å². The molecule has 0 aliphatic carbocycles. The molecule has 1 aliphatic heterocycles. The highest BCUT2D eigenvalue weighted by atomic mass is 16.5. The number of methoxy groups -OCH3 is 1. The van der Waals surface area contributed by atoms with E-state index in [0.717, 1.165) is 5.56 Å². The zero-order valence-corrected chi connectivity index (χ0v) is 12.7. The molecular weight excluding hydrogens is 288 g/mol. The molecule has 1 fully saturated rings. The number of benzene rings is 2. The second kappa shape index (κ2) is 6.47. The van der Waals surface area contributed by atoms with E-state index in [2.05, 4.69) is 6.07 Å². The Balaban J connectivity index is 1.91. The average Bonchev–Trinajstić information content (AvgIpc) is 2.60. The third kappa shape index (κ3) is 2.75. The number of carbonyl (C=O) groups excluding carboxylic acids is 1. The average molecular weight is 304 g/mol. The van der Waals surface area contributed by atoms with E-state index in [0.29, 0.717) is 11.3 Å². The van der Waals surface area contributed by atoms with Crippen molar-refractivity contribution in [2.24, 2.45) is 0 Å². The van der Waals surface area contributed by atoms with Crippen LogP contribution in [0.2, 0.25) is 0 Å². The number of para-hydroxylation sites is 1. The fraction of sp³-hybridized carbons (Fsp3) is 0.158. The first-order valence-electron chi connectivity index (χ1n) is 7.34. The predicted molar refractivity (Wildman–Crippen MR) is 88.7 cm³/mol. The monoisotopic (exact) mass is 304 g/mol. The Hall–Kier alpha value is -2.90. The molecule has 1 aliphatic rings. The number of rotatable bonds is 4. The summed E-state index contributed by atoms with van der Waals surface area (Å²) in [6, 6.07) is 18.9. The molecule has 0 aromatic heterocycles. The van der Waals surface area contributed by atoms with Gasteiger partial charge in [0.15, 0.2) is 6.10 Å². The molecule has 0 N–H and O–H groups in total. The van der Waals surface area contributed by atoms with Gasteiger partial charge < -0.3 is 4.74 Å². The zero-order valence-electron chi connectivity index (χ0n) is 12.7. The van der Waals surface area contributed by atoms with Gasteiger partial charge in [-0.2, -0.15) is 5.26 Å². The van der Waals surface area contributed by atoms with Crippen molar-refractivity contribution >= 4 is 17.7 Å². The lowest BCUT2D eigenvalue weighted by Crippen LogP contribution is -2.65. The van der Waals surface area contributed by atoms with Crippen LogP contribution in [0, 0.1) is 11.3 Å². The van der Waals surface area contributed by atoms with Crippen LogP contribution in [0.3, 0.4) is 0 Å². The summed E-state index contributed by atoms with van der Waals surface area (Å²) in [5.74, 6) is -0.127. The van der Waals surface area contributed by atoms with Gasteiger partial charge in [0.25, 0.3) is 5.91 Å². The standard InChI is InChI=1S/C19H16N2O2/c1-23-18-17(12-11-14-7-3-2-4-8-14)21(19(18)22)16-10-6-5-9-15(16)13-20/h2-12,17-18H,1H3/b12-11+/t17-,18-/m0/s1. The van der Waals surface area contributed by atoms with Gasteiger partial charge in [-0.3, -0.25) is 9.69 Å². The molecule has 1 saturated heterocycles. The molecule has 0 radical (unpaired) electrons. The van der Waals surface area contributed by atoms with Gasteiger partial charge in [-0.25, -0.2) is 0 Å². The van der Waals surface area contributed by atoms with E-state index in [1.54, 1.807) is 23.1 Å². The molecule has 2 atom stereocenters. The largest absolute Gasteiger partial charge is 0.369 e. The quantitative estimate of drug-likeness (QED) is 0.816. The van der Waals surface area contributed by atoms with E-state index in [-0.39, 0.29) is 11.9 Å². The van der Waals surface area contributed by atoms with Crippen LogP contribution in [0.4, 0.5) is 5.69 Å². The van der Waals surface area contributed by atoms with Crippen LogP contribution in [-0.2, 0) is 9.53 Å². The second-order valence-electron chi connectivity index (χ2n) is 5.25. The molecule has 0 saturated carbocycles. The van der Waals surface area contributed by atoms with Gasteiger partial charge >= 0.3 is 0 Å². The molecule has 23 heavy (non-hydrogen) atoms. The summed E-state index contributed by atoms with van der Waals surface area (Å²) in [6.07, 6.45) is 3.39. The fourth-order valence-electron chi connectivity index (χ4n) is 2.74. The number of nitriles is 1. The van der Waals surface area contributed by atoms with Crippen LogP contribution in [0.5, 0.6) is 0 Å². The number of anilines is 1. The highest BCUT2D eigenvalue weighted by Crippen LogP contribution is 2.33.